The van der Waals surface area contributed by atoms with Crippen LogP contribution in [0.25, 0.3) is 0 Å². The number of benzene rings is 2. The van der Waals surface area contributed by atoms with Crippen LogP contribution in [0.4, 0.5) is 5.69 Å². The predicted octanol–water partition coefficient (Wildman–Crippen LogP) is 4.37. The lowest BCUT2D eigenvalue weighted by Crippen LogP contribution is -2.12. The number of nitrogens with one attached hydrogen (secondary N) is 1. The molecule has 2 aromatic rings. The van der Waals surface area contributed by atoms with Crippen molar-refractivity contribution in [2.75, 3.05) is 5.32 Å². The lowest BCUT2D eigenvalue weighted by Gasteiger charge is -2.08. The van der Waals surface area contributed by atoms with Crippen molar-refractivity contribution in [2.45, 2.75) is 12.8 Å². The van der Waals surface area contributed by atoms with Crippen LogP contribution < -0.4 is 5.32 Å². The summed E-state index contributed by atoms with van der Waals surface area (Å²) in [5.41, 5.74) is 2.68. The Kier molecular flexibility index (Phi) is 3.70. The second kappa shape index (κ2) is 5.51. The van der Waals surface area contributed by atoms with Gasteiger partial charge < -0.3 is 5.32 Å². The predicted molar refractivity (Wildman–Crippen MR) is 83.5 cm³/mol. The molecule has 0 atom stereocenters. The van der Waals surface area contributed by atoms with Crippen molar-refractivity contribution in [1.82, 2.24) is 0 Å². The minimum absolute atomic E-state index is 0.153. The van der Waals surface area contributed by atoms with E-state index in [1.165, 1.54) is 6.07 Å². The zero-order valence-electron chi connectivity index (χ0n) is 11.0. The monoisotopic (exact) mass is 319 g/mol. The molecule has 0 radical (unpaired) electrons. The van der Waals surface area contributed by atoms with Gasteiger partial charge in [0.1, 0.15) is 0 Å². The number of carbonyl (C=O) groups excluding carboxylic acids is 2. The molecule has 0 aliphatic heterocycles. The Hall–Kier alpha value is -1.84. The summed E-state index contributed by atoms with van der Waals surface area (Å²) < 4.78 is 0. The molecule has 3 nitrogen and oxygen atoms in total. The van der Waals surface area contributed by atoms with E-state index in [1.807, 2.05) is 6.07 Å². The molecule has 0 spiro atoms. The highest BCUT2D eigenvalue weighted by molar-refractivity contribution is 6.36. The van der Waals surface area contributed by atoms with E-state index in [0.29, 0.717) is 27.7 Å². The van der Waals surface area contributed by atoms with E-state index in [-0.39, 0.29) is 11.7 Å². The average Bonchev–Trinajstić information content (AvgIpc) is 2.82. The molecule has 0 saturated carbocycles. The Labute approximate surface area is 131 Å². The van der Waals surface area contributed by atoms with Crippen molar-refractivity contribution in [1.29, 1.82) is 0 Å². The summed E-state index contributed by atoms with van der Waals surface area (Å²) in [6.07, 6.45) is 1.25. The molecule has 106 valence electrons. The maximum Gasteiger partial charge on any atom is 0.257 e. The summed E-state index contributed by atoms with van der Waals surface area (Å²) in [5, 5.41) is 3.57. The van der Waals surface area contributed by atoms with E-state index in [2.05, 4.69) is 5.32 Å². The van der Waals surface area contributed by atoms with Gasteiger partial charge in [0.15, 0.2) is 5.78 Å². The van der Waals surface area contributed by atoms with E-state index in [1.54, 1.807) is 24.3 Å². The maximum absolute atomic E-state index is 12.2. The van der Waals surface area contributed by atoms with Crippen LogP contribution >= 0.6 is 23.2 Å². The minimum Gasteiger partial charge on any atom is -0.322 e. The van der Waals surface area contributed by atoms with Crippen molar-refractivity contribution < 1.29 is 9.59 Å². The molecule has 1 N–H and O–H groups in total. The summed E-state index contributed by atoms with van der Waals surface area (Å²) in [5.74, 6) is -0.174. The first-order valence-electron chi connectivity index (χ1n) is 6.47. The number of hydrogen-bond acceptors (Lipinski definition) is 2. The van der Waals surface area contributed by atoms with Gasteiger partial charge in [-0.25, -0.2) is 0 Å². The summed E-state index contributed by atoms with van der Waals surface area (Å²) in [6, 6.07) is 10.0. The summed E-state index contributed by atoms with van der Waals surface area (Å²) in [7, 11) is 0. The number of fused-ring (bicyclic) bond motifs is 1. The van der Waals surface area contributed by atoms with Gasteiger partial charge >= 0.3 is 0 Å². The lowest BCUT2D eigenvalue weighted by molar-refractivity contribution is 0.0992. The SMILES string of the molecule is O=C(Nc1ccc2c(c1)CCC2=O)c1cc(Cl)ccc1Cl. The second-order valence-corrected chi connectivity index (χ2v) is 5.72. The highest BCUT2D eigenvalue weighted by Gasteiger charge is 2.20. The van der Waals surface area contributed by atoms with Crippen LogP contribution in [0.15, 0.2) is 36.4 Å². The molecule has 5 heteroatoms. The van der Waals surface area contributed by atoms with Gasteiger partial charge in [-0.1, -0.05) is 23.2 Å². The Balaban J connectivity index is 1.85. The van der Waals surface area contributed by atoms with E-state index in [0.717, 1.165) is 17.5 Å². The number of halogens is 2. The second-order valence-electron chi connectivity index (χ2n) is 4.87. The first-order chi connectivity index (χ1) is 10.0. The first kappa shape index (κ1) is 14.1. The van der Waals surface area contributed by atoms with Crippen molar-refractivity contribution in [3.8, 4) is 0 Å². The van der Waals surface area contributed by atoms with Crippen LogP contribution in [0.2, 0.25) is 10.0 Å². The highest BCUT2D eigenvalue weighted by Crippen LogP contribution is 2.26. The minimum atomic E-state index is -0.327. The molecule has 1 amide bonds. The number of hydrogen-bond donors (Lipinski definition) is 1. The van der Waals surface area contributed by atoms with Crippen molar-refractivity contribution >= 4 is 40.6 Å². The van der Waals surface area contributed by atoms with Crippen molar-refractivity contribution in [2.24, 2.45) is 0 Å². The molecule has 0 aromatic heterocycles. The van der Waals surface area contributed by atoms with Crippen LogP contribution in [0, 0.1) is 0 Å². The highest BCUT2D eigenvalue weighted by atomic mass is 35.5. The average molecular weight is 320 g/mol. The maximum atomic E-state index is 12.2. The molecule has 0 fully saturated rings. The first-order valence-corrected chi connectivity index (χ1v) is 7.23. The molecule has 0 saturated heterocycles. The molecule has 2 aromatic carbocycles. The van der Waals surface area contributed by atoms with E-state index >= 15 is 0 Å². The van der Waals surface area contributed by atoms with Crippen LogP contribution in [-0.2, 0) is 6.42 Å². The fourth-order valence-electron chi connectivity index (χ4n) is 2.40. The zero-order chi connectivity index (χ0) is 15.0. The van der Waals surface area contributed by atoms with Gasteiger partial charge in [-0.05, 0) is 48.4 Å². The smallest absolute Gasteiger partial charge is 0.257 e. The van der Waals surface area contributed by atoms with Gasteiger partial charge in [0, 0.05) is 22.7 Å². The molecular formula is C16H11Cl2NO2. The van der Waals surface area contributed by atoms with Gasteiger partial charge in [-0.3, -0.25) is 9.59 Å². The number of anilines is 1. The number of carbonyl (C=O) groups is 2. The van der Waals surface area contributed by atoms with Gasteiger partial charge in [0.25, 0.3) is 5.91 Å². The Bertz CT molecular complexity index is 756. The third kappa shape index (κ3) is 2.80. The van der Waals surface area contributed by atoms with Gasteiger partial charge in [0.05, 0.1) is 10.6 Å². The van der Waals surface area contributed by atoms with E-state index in [9.17, 15) is 9.59 Å². The third-order valence-electron chi connectivity index (χ3n) is 3.46. The number of amides is 1. The molecule has 0 bridgehead atoms. The van der Waals surface area contributed by atoms with Crippen molar-refractivity contribution in [3.63, 3.8) is 0 Å². The topological polar surface area (TPSA) is 46.2 Å². The van der Waals surface area contributed by atoms with Crippen LogP contribution in [-0.4, -0.2) is 11.7 Å². The van der Waals surface area contributed by atoms with E-state index in [4.69, 9.17) is 23.2 Å². The fourth-order valence-corrected chi connectivity index (χ4v) is 2.78. The lowest BCUT2D eigenvalue weighted by atomic mass is 10.1. The number of aryl methyl sites for hydroxylation is 1. The van der Waals surface area contributed by atoms with Gasteiger partial charge in [-0.15, -0.1) is 0 Å². The largest absolute Gasteiger partial charge is 0.322 e. The summed E-state index contributed by atoms with van der Waals surface area (Å²) in [6.45, 7) is 0. The van der Waals surface area contributed by atoms with Crippen molar-refractivity contribution in [3.05, 3.63) is 63.1 Å². The van der Waals surface area contributed by atoms with Crippen LogP contribution in [0.3, 0.4) is 0 Å². The van der Waals surface area contributed by atoms with Crippen LogP contribution in [0.5, 0.6) is 0 Å². The Morgan fingerprint density at radius 2 is 1.86 bits per heavy atom. The number of Topliss-reactive ketones (excluding diaryl/α,β-unsaturated/α-hetero) is 1. The molecule has 21 heavy (non-hydrogen) atoms. The molecule has 0 heterocycles. The molecule has 0 unspecified atom stereocenters. The third-order valence-corrected chi connectivity index (χ3v) is 4.02. The quantitative estimate of drug-likeness (QED) is 0.893. The van der Waals surface area contributed by atoms with E-state index < -0.39 is 0 Å². The standard InChI is InChI=1S/C16H11Cl2NO2/c17-10-2-5-14(18)13(8-10)16(21)19-11-3-4-12-9(7-11)1-6-15(12)20/h2-5,7-8H,1,6H2,(H,19,21). The van der Waals surface area contributed by atoms with Gasteiger partial charge in [0.2, 0.25) is 0 Å². The number of ketones is 1. The normalized spacial score (nSPS) is 13.1. The Morgan fingerprint density at radius 1 is 1.05 bits per heavy atom. The number of rotatable bonds is 2. The molecule has 3 rings (SSSR count). The summed E-state index contributed by atoms with van der Waals surface area (Å²) in [4.78, 5) is 23.8. The molecular weight excluding hydrogens is 309 g/mol. The van der Waals surface area contributed by atoms with Crippen LogP contribution in [0.1, 0.15) is 32.7 Å². The fraction of sp³-hybridized carbons (Fsp3) is 0.125. The Morgan fingerprint density at radius 3 is 2.67 bits per heavy atom. The zero-order valence-corrected chi connectivity index (χ0v) is 12.5. The molecule has 1 aliphatic carbocycles. The molecule has 1 aliphatic rings. The van der Waals surface area contributed by atoms with Gasteiger partial charge in [-0.2, -0.15) is 0 Å². The summed E-state index contributed by atoms with van der Waals surface area (Å²) >= 11 is 11.9.